The van der Waals surface area contributed by atoms with E-state index in [2.05, 4.69) is 0 Å². The van der Waals surface area contributed by atoms with Crippen LogP contribution in [0.25, 0.3) is 0 Å². The molecule has 2 aromatic carbocycles. The third kappa shape index (κ3) is 2.99. The van der Waals surface area contributed by atoms with Gasteiger partial charge in [-0.05, 0) is 24.3 Å². The van der Waals surface area contributed by atoms with Crippen LogP contribution in [0.3, 0.4) is 0 Å². The lowest BCUT2D eigenvalue weighted by Gasteiger charge is -2.07. The van der Waals surface area contributed by atoms with Gasteiger partial charge in [-0.1, -0.05) is 6.07 Å². The molecule has 0 unspecified atom stereocenters. The van der Waals surface area contributed by atoms with Crippen molar-refractivity contribution in [3.05, 3.63) is 69.5 Å². The zero-order valence-corrected chi connectivity index (χ0v) is 10.3. The summed E-state index contributed by atoms with van der Waals surface area (Å²) in [6, 6.07) is 5.42. The van der Waals surface area contributed by atoms with Gasteiger partial charge in [-0.15, -0.1) is 0 Å². The van der Waals surface area contributed by atoms with Gasteiger partial charge >= 0.3 is 0 Å². The number of hydrogen-bond acceptors (Lipinski definition) is 3. The minimum atomic E-state index is -1.38. The molecule has 1 amide bonds. The maximum absolute atomic E-state index is 13.4. The third-order valence-electron chi connectivity index (χ3n) is 2.60. The minimum Gasteiger partial charge on any atom is -0.316 e. The molecule has 8 heteroatoms. The number of amides is 1. The third-order valence-corrected chi connectivity index (χ3v) is 2.60. The van der Waals surface area contributed by atoms with Gasteiger partial charge in [0.15, 0.2) is 11.6 Å². The molecule has 0 saturated heterocycles. The molecular formula is C13H7F3N2O3. The van der Waals surface area contributed by atoms with Crippen molar-refractivity contribution in [3.63, 3.8) is 0 Å². The van der Waals surface area contributed by atoms with Gasteiger partial charge in [0, 0.05) is 0 Å². The molecule has 0 aliphatic carbocycles. The number of nitrogens with one attached hydrogen (secondary N) is 1. The maximum Gasteiger partial charge on any atom is 0.295 e. The van der Waals surface area contributed by atoms with E-state index in [1.165, 1.54) is 0 Å². The molecule has 0 spiro atoms. The maximum atomic E-state index is 13.4. The van der Waals surface area contributed by atoms with Crippen molar-refractivity contribution < 1.29 is 22.9 Å². The van der Waals surface area contributed by atoms with Crippen molar-refractivity contribution in [3.8, 4) is 0 Å². The molecule has 0 aliphatic rings. The number of carbonyl (C=O) groups excluding carboxylic acids is 1. The molecule has 1 N–H and O–H groups in total. The first-order valence-electron chi connectivity index (χ1n) is 5.59. The molecule has 2 aromatic rings. The minimum absolute atomic E-state index is 0.324. The summed E-state index contributed by atoms with van der Waals surface area (Å²) < 4.78 is 39.4. The molecule has 0 aliphatic heterocycles. The van der Waals surface area contributed by atoms with E-state index in [4.69, 9.17) is 0 Å². The predicted molar refractivity (Wildman–Crippen MR) is 67.4 cm³/mol. The van der Waals surface area contributed by atoms with E-state index in [9.17, 15) is 28.1 Å². The van der Waals surface area contributed by atoms with Crippen molar-refractivity contribution >= 4 is 17.3 Å². The van der Waals surface area contributed by atoms with Crippen LogP contribution in [0.15, 0.2) is 36.4 Å². The molecule has 108 valence electrons. The lowest BCUT2D eigenvalue weighted by atomic mass is 10.1. The van der Waals surface area contributed by atoms with Gasteiger partial charge in [-0.3, -0.25) is 14.9 Å². The van der Waals surface area contributed by atoms with E-state index in [0.29, 0.717) is 6.07 Å². The van der Waals surface area contributed by atoms with Crippen LogP contribution < -0.4 is 5.32 Å². The first-order valence-corrected chi connectivity index (χ1v) is 5.59. The summed E-state index contributed by atoms with van der Waals surface area (Å²) in [6.45, 7) is 0. The van der Waals surface area contributed by atoms with Gasteiger partial charge in [0.25, 0.3) is 11.6 Å². The summed E-state index contributed by atoms with van der Waals surface area (Å²) in [5.74, 6) is -4.55. The van der Waals surface area contributed by atoms with Crippen molar-refractivity contribution in [1.82, 2.24) is 0 Å². The fourth-order valence-corrected chi connectivity index (χ4v) is 1.63. The molecular weight excluding hydrogens is 289 g/mol. The van der Waals surface area contributed by atoms with E-state index in [0.717, 1.165) is 30.3 Å². The first kappa shape index (κ1) is 14.5. The van der Waals surface area contributed by atoms with Crippen LogP contribution in [-0.4, -0.2) is 10.8 Å². The summed E-state index contributed by atoms with van der Waals surface area (Å²) in [6.07, 6.45) is 0. The second kappa shape index (κ2) is 5.61. The van der Waals surface area contributed by atoms with E-state index in [-0.39, 0.29) is 5.69 Å². The summed E-state index contributed by atoms with van der Waals surface area (Å²) in [5, 5.41) is 12.8. The van der Waals surface area contributed by atoms with Crippen molar-refractivity contribution in [2.24, 2.45) is 0 Å². The zero-order chi connectivity index (χ0) is 15.6. The predicted octanol–water partition coefficient (Wildman–Crippen LogP) is 3.26. The highest BCUT2D eigenvalue weighted by atomic mass is 19.2. The quantitative estimate of drug-likeness (QED) is 0.698. The molecule has 0 heterocycles. The van der Waals surface area contributed by atoms with Crippen molar-refractivity contribution in [2.75, 3.05) is 5.32 Å². The summed E-state index contributed by atoms with van der Waals surface area (Å²) in [7, 11) is 0. The molecule has 0 fully saturated rings. The average Bonchev–Trinajstić information content (AvgIpc) is 2.43. The second-order valence-corrected chi connectivity index (χ2v) is 3.97. The topological polar surface area (TPSA) is 72.2 Å². The van der Waals surface area contributed by atoms with Crippen LogP contribution in [0.2, 0.25) is 0 Å². The number of nitrogens with zero attached hydrogens (tertiary/aromatic N) is 1. The SMILES string of the molecule is O=C(Nc1ccc(F)cc1[N+](=O)[O-])c1cccc(F)c1F. The van der Waals surface area contributed by atoms with Crippen LogP contribution in [0, 0.1) is 27.6 Å². The van der Waals surface area contributed by atoms with Gasteiger partial charge in [0.1, 0.15) is 11.5 Å². The van der Waals surface area contributed by atoms with Crippen LogP contribution in [-0.2, 0) is 0 Å². The Bertz CT molecular complexity index is 735. The highest BCUT2D eigenvalue weighted by molar-refractivity contribution is 6.05. The van der Waals surface area contributed by atoms with Crippen molar-refractivity contribution in [2.45, 2.75) is 0 Å². The van der Waals surface area contributed by atoms with E-state index >= 15 is 0 Å². The molecule has 0 atom stereocenters. The van der Waals surface area contributed by atoms with Crippen LogP contribution >= 0.6 is 0 Å². The second-order valence-electron chi connectivity index (χ2n) is 3.97. The van der Waals surface area contributed by atoms with Gasteiger partial charge in [-0.2, -0.15) is 0 Å². The average molecular weight is 296 g/mol. The Labute approximate surface area is 116 Å². The zero-order valence-electron chi connectivity index (χ0n) is 10.3. The molecule has 21 heavy (non-hydrogen) atoms. The van der Waals surface area contributed by atoms with Crippen LogP contribution in [0.1, 0.15) is 10.4 Å². The van der Waals surface area contributed by atoms with E-state index in [1.54, 1.807) is 0 Å². The molecule has 0 bridgehead atoms. The van der Waals surface area contributed by atoms with Crippen molar-refractivity contribution in [1.29, 1.82) is 0 Å². The summed E-state index contributed by atoms with van der Waals surface area (Å²) >= 11 is 0. The van der Waals surface area contributed by atoms with Gasteiger partial charge in [0.2, 0.25) is 0 Å². The lowest BCUT2D eigenvalue weighted by molar-refractivity contribution is -0.384. The van der Waals surface area contributed by atoms with Gasteiger partial charge in [-0.25, -0.2) is 13.2 Å². The number of rotatable bonds is 3. The Balaban J connectivity index is 2.36. The Hall–Kier alpha value is -2.90. The van der Waals surface area contributed by atoms with E-state index < -0.39 is 39.5 Å². The molecule has 2 rings (SSSR count). The number of hydrogen-bond donors (Lipinski definition) is 1. The largest absolute Gasteiger partial charge is 0.316 e. The highest BCUT2D eigenvalue weighted by Gasteiger charge is 2.20. The van der Waals surface area contributed by atoms with Crippen LogP contribution in [0.4, 0.5) is 24.5 Å². The standard InChI is InChI=1S/C13H7F3N2O3/c14-7-4-5-10(11(6-7)18(20)21)17-13(19)8-2-1-3-9(15)12(8)16/h1-6H,(H,17,19). The normalized spacial score (nSPS) is 10.2. The molecule has 0 radical (unpaired) electrons. The Morgan fingerprint density at radius 3 is 2.52 bits per heavy atom. The van der Waals surface area contributed by atoms with Crippen LogP contribution in [0.5, 0.6) is 0 Å². The van der Waals surface area contributed by atoms with Gasteiger partial charge < -0.3 is 5.32 Å². The Morgan fingerprint density at radius 1 is 1.14 bits per heavy atom. The molecule has 0 aromatic heterocycles. The Morgan fingerprint density at radius 2 is 1.86 bits per heavy atom. The Kier molecular flexibility index (Phi) is 3.88. The van der Waals surface area contributed by atoms with E-state index in [1.807, 2.05) is 5.32 Å². The first-order chi connectivity index (χ1) is 9.90. The number of nitro benzene ring substituents is 1. The fourth-order valence-electron chi connectivity index (χ4n) is 1.63. The number of nitro groups is 1. The fraction of sp³-hybridized carbons (Fsp3) is 0. The monoisotopic (exact) mass is 296 g/mol. The number of halogens is 3. The number of carbonyl (C=O) groups is 1. The summed E-state index contributed by atoms with van der Waals surface area (Å²) in [4.78, 5) is 21.7. The molecule has 0 saturated carbocycles. The lowest BCUT2D eigenvalue weighted by Crippen LogP contribution is -2.15. The molecule has 5 nitrogen and oxygen atoms in total. The smallest absolute Gasteiger partial charge is 0.295 e. The number of anilines is 1. The summed E-state index contributed by atoms with van der Waals surface area (Å²) in [5.41, 5.74) is -1.64. The van der Waals surface area contributed by atoms with Gasteiger partial charge in [0.05, 0.1) is 16.6 Å². The number of benzene rings is 2. The highest BCUT2D eigenvalue weighted by Crippen LogP contribution is 2.26.